The SMILES string of the molecule is COc1cc(=O)n2c(c1C(=O)N(C)Cc1ccsc1)CCN(Cc1cccnc1)CC2. The van der Waals surface area contributed by atoms with Gasteiger partial charge in [0.25, 0.3) is 11.5 Å². The van der Waals surface area contributed by atoms with Gasteiger partial charge in [-0.1, -0.05) is 6.07 Å². The molecule has 0 atom stereocenters. The molecule has 0 radical (unpaired) electrons. The van der Waals surface area contributed by atoms with E-state index in [1.54, 1.807) is 34.0 Å². The zero-order valence-corrected chi connectivity index (χ0v) is 18.6. The maximum Gasteiger partial charge on any atom is 0.259 e. The third-order valence-corrected chi connectivity index (χ3v) is 6.33. The van der Waals surface area contributed by atoms with Crippen molar-refractivity contribution in [3.8, 4) is 5.75 Å². The van der Waals surface area contributed by atoms with Crippen LogP contribution in [0.4, 0.5) is 0 Å². The van der Waals surface area contributed by atoms with Gasteiger partial charge in [-0.15, -0.1) is 0 Å². The Morgan fingerprint density at radius 3 is 2.84 bits per heavy atom. The maximum absolute atomic E-state index is 13.4. The minimum atomic E-state index is -0.132. The Kier molecular flexibility index (Phi) is 6.48. The summed E-state index contributed by atoms with van der Waals surface area (Å²) in [5.74, 6) is 0.214. The number of amides is 1. The lowest BCUT2D eigenvalue weighted by molar-refractivity contribution is 0.0779. The molecule has 4 rings (SSSR count). The molecule has 1 amide bonds. The molecule has 0 spiro atoms. The third kappa shape index (κ3) is 4.70. The topological polar surface area (TPSA) is 67.7 Å². The van der Waals surface area contributed by atoms with Crippen LogP contribution in [0.1, 0.15) is 27.2 Å². The van der Waals surface area contributed by atoms with Crippen molar-refractivity contribution in [1.82, 2.24) is 19.4 Å². The second kappa shape index (κ2) is 9.45. The molecule has 31 heavy (non-hydrogen) atoms. The zero-order chi connectivity index (χ0) is 21.8. The molecule has 3 aromatic heterocycles. The third-order valence-electron chi connectivity index (χ3n) is 5.60. The van der Waals surface area contributed by atoms with Gasteiger partial charge >= 0.3 is 0 Å². The van der Waals surface area contributed by atoms with Crippen LogP contribution in [0.15, 0.2) is 52.2 Å². The molecule has 0 bridgehead atoms. The number of thiophene rings is 1. The molecule has 0 unspecified atom stereocenters. The van der Waals surface area contributed by atoms with E-state index < -0.39 is 0 Å². The lowest BCUT2D eigenvalue weighted by Gasteiger charge is -2.22. The van der Waals surface area contributed by atoms with Crippen LogP contribution in [0.3, 0.4) is 0 Å². The van der Waals surface area contributed by atoms with Gasteiger partial charge in [0, 0.05) is 70.3 Å². The van der Waals surface area contributed by atoms with Crippen LogP contribution in [0.25, 0.3) is 0 Å². The monoisotopic (exact) mass is 438 g/mol. The summed E-state index contributed by atoms with van der Waals surface area (Å²) in [5, 5.41) is 4.03. The second-order valence-corrected chi connectivity index (χ2v) is 8.48. The summed E-state index contributed by atoms with van der Waals surface area (Å²) in [4.78, 5) is 34.4. The minimum absolute atomic E-state index is 0.132. The molecule has 0 saturated heterocycles. The van der Waals surface area contributed by atoms with E-state index in [0.717, 1.165) is 36.5 Å². The number of nitrogens with zero attached hydrogens (tertiary/aromatic N) is 4. The summed E-state index contributed by atoms with van der Waals surface area (Å²) in [5.41, 5.74) is 3.32. The summed E-state index contributed by atoms with van der Waals surface area (Å²) in [6, 6.07) is 7.43. The van der Waals surface area contributed by atoms with Gasteiger partial charge < -0.3 is 14.2 Å². The molecular formula is C23H26N4O3S. The van der Waals surface area contributed by atoms with Gasteiger partial charge in [-0.3, -0.25) is 19.5 Å². The summed E-state index contributed by atoms with van der Waals surface area (Å²) in [6.45, 7) is 3.28. The number of hydrogen-bond donors (Lipinski definition) is 0. The summed E-state index contributed by atoms with van der Waals surface area (Å²) >= 11 is 1.61. The fourth-order valence-corrected chi connectivity index (χ4v) is 4.67. The highest BCUT2D eigenvalue weighted by molar-refractivity contribution is 7.07. The second-order valence-electron chi connectivity index (χ2n) is 7.70. The number of pyridine rings is 2. The standard InChI is InChI=1S/C23H26N4O3S/c1-25(14-18-6-11-31-16-18)23(29)22-19-5-8-26(15-17-4-3-7-24-13-17)9-10-27(19)21(28)12-20(22)30-2/h3-4,6-7,11-13,16H,5,8-10,14-15H2,1-2H3. The predicted molar refractivity (Wildman–Crippen MR) is 121 cm³/mol. The largest absolute Gasteiger partial charge is 0.496 e. The quantitative estimate of drug-likeness (QED) is 0.592. The zero-order valence-electron chi connectivity index (χ0n) is 17.8. The Labute approximate surface area is 185 Å². The fourth-order valence-electron chi connectivity index (χ4n) is 4.01. The maximum atomic E-state index is 13.4. The predicted octanol–water partition coefficient (Wildman–Crippen LogP) is 2.64. The average Bonchev–Trinajstić information content (AvgIpc) is 3.20. The lowest BCUT2D eigenvalue weighted by Crippen LogP contribution is -2.32. The number of carbonyl (C=O) groups excluding carboxylic acids is 1. The number of aromatic nitrogens is 2. The molecular weight excluding hydrogens is 412 g/mol. The first-order valence-electron chi connectivity index (χ1n) is 10.3. The number of fused-ring (bicyclic) bond motifs is 1. The number of ether oxygens (including phenoxy) is 1. The van der Waals surface area contributed by atoms with Crippen LogP contribution in [0, 0.1) is 0 Å². The fraction of sp³-hybridized carbons (Fsp3) is 0.348. The van der Waals surface area contributed by atoms with Crippen molar-refractivity contribution in [1.29, 1.82) is 0 Å². The van der Waals surface area contributed by atoms with Gasteiger partial charge in [0.05, 0.1) is 7.11 Å². The first-order valence-corrected chi connectivity index (χ1v) is 11.2. The number of methoxy groups -OCH3 is 1. The molecule has 4 heterocycles. The minimum Gasteiger partial charge on any atom is -0.496 e. The van der Waals surface area contributed by atoms with E-state index >= 15 is 0 Å². The number of hydrogen-bond acceptors (Lipinski definition) is 6. The molecule has 7 nitrogen and oxygen atoms in total. The van der Waals surface area contributed by atoms with E-state index in [0.29, 0.717) is 30.8 Å². The Morgan fingerprint density at radius 2 is 2.13 bits per heavy atom. The normalized spacial score (nSPS) is 14.0. The Balaban J connectivity index is 1.62. The van der Waals surface area contributed by atoms with Crippen LogP contribution in [0.5, 0.6) is 5.75 Å². The molecule has 3 aromatic rings. The van der Waals surface area contributed by atoms with E-state index in [2.05, 4.69) is 16.0 Å². The van der Waals surface area contributed by atoms with Crippen molar-refractivity contribution in [3.63, 3.8) is 0 Å². The Bertz CT molecular complexity index is 1100. The van der Waals surface area contributed by atoms with Gasteiger partial charge in [-0.2, -0.15) is 11.3 Å². The van der Waals surface area contributed by atoms with Crippen molar-refractivity contribution in [2.75, 3.05) is 27.2 Å². The first kappa shape index (κ1) is 21.3. The van der Waals surface area contributed by atoms with Gasteiger partial charge in [-0.05, 0) is 34.0 Å². The molecule has 0 aliphatic carbocycles. The first-order chi connectivity index (χ1) is 15.1. The van der Waals surface area contributed by atoms with Crippen LogP contribution in [0.2, 0.25) is 0 Å². The van der Waals surface area contributed by atoms with Gasteiger partial charge in [-0.25, -0.2) is 0 Å². The van der Waals surface area contributed by atoms with E-state index in [1.807, 2.05) is 29.1 Å². The van der Waals surface area contributed by atoms with Gasteiger partial charge in [0.2, 0.25) is 0 Å². The van der Waals surface area contributed by atoms with Gasteiger partial charge in [0.1, 0.15) is 11.3 Å². The van der Waals surface area contributed by atoms with Crippen LogP contribution in [-0.2, 0) is 26.1 Å². The van der Waals surface area contributed by atoms with E-state index in [4.69, 9.17) is 4.74 Å². The van der Waals surface area contributed by atoms with Crippen LogP contribution >= 0.6 is 11.3 Å². The van der Waals surface area contributed by atoms with E-state index in [-0.39, 0.29) is 11.5 Å². The highest BCUT2D eigenvalue weighted by atomic mass is 32.1. The van der Waals surface area contributed by atoms with Crippen LogP contribution < -0.4 is 10.3 Å². The molecule has 0 fully saturated rings. The molecule has 0 N–H and O–H groups in total. The van der Waals surface area contributed by atoms with Crippen LogP contribution in [-0.4, -0.2) is 52.5 Å². The number of rotatable bonds is 6. The lowest BCUT2D eigenvalue weighted by atomic mass is 10.1. The smallest absolute Gasteiger partial charge is 0.259 e. The van der Waals surface area contributed by atoms with Crippen molar-refractivity contribution in [3.05, 3.63) is 80.2 Å². The van der Waals surface area contributed by atoms with Gasteiger partial charge in [0.15, 0.2) is 0 Å². The number of carbonyl (C=O) groups is 1. The van der Waals surface area contributed by atoms with Crippen molar-refractivity contribution in [2.45, 2.75) is 26.1 Å². The Hall–Kier alpha value is -2.97. The summed E-state index contributed by atoms with van der Waals surface area (Å²) < 4.78 is 7.21. The molecule has 1 aliphatic heterocycles. The summed E-state index contributed by atoms with van der Waals surface area (Å²) in [6.07, 6.45) is 4.22. The van der Waals surface area contributed by atoms with Crippen molar-refractivity contribution >= 4 is 17.2 Å². The van der Waals surface area contributed by atoms with E-state index in [1.165, 1.54) is 13.2 Å². The Morgan fingerprint density at radius 1 is 1.26 bits per heavy atom. The molecule has 8 heteroatoms. The molecule has 0 saturated carbocycles. The molecule has 1 aliphatic rings. The van der Waals surface area contributed by atoms with Crippen molar-refractivity contribution < 1.29 is 9.53 Å². The molecule has 0 aromatic carbocycles. The van der Waals surface area contributed by atoms with Crippen molar-refractivity contribution in [2.24, 2.45) is 0 Å². The highest BCUT2D eigenvalue weighted by Crippen LogP contribution is 2.25. The highest BCUT2D eigenvalue weighted by Gasteiger charge is 2.27. The average molecular weight is 439 g/mol. The summed E-state index contributed by atoms with van der Waals surface area (Å²) in [7, 11) is 3.29. The molecule has 162 valence electrons. The van der Waals surface area contributed by atoms with E-state index in [9.17, 15) is 9.59 Å².